The highest BCUT2D eigenvalue weighted by Crippen LogP contribution is 2.20. The molecule has 1 saturated heterocycles. The van der Waals surface area contributed by atoms with Gasteiger partial charge in [0.1, 0.15) is 0 Å². The summed E-state index contributed by atoms with van der Waals surface area (Å²) in [6.07, 6.45) is 3.98. The van der Waals surface area contributed by atoms with E-state index >= 15 is 0 Å². The lowest BCUT2D eigenvalue weighted by molar-refractivity contribution is 0.192. The molecule has 1 atom stereocenters. The number of aromatic nitrogens is 1. The third kappa shape index (κ3) is 4.43. The number of carbonyl (C=O) groups excluding carboxylic acids is 1. The summed E-state index contributed by atoms with van der Waals surface area (Å²) in [5, 5.41) is 2.85. The van der Waals surface area contributed by atoms with Crippen LogP contribution in [0.5, 0.6) is 0 Å². The standard InChI is InChI=1S/C15H23N3O3S/c1-3-4-8-18(14-6-9-22(20,21)11-14)15(19)17-13-5-7-16-12(2)10-13/h5,7,10,14H,3-4,6,8-9,11H2,1-2H3,(H,16,17,19)/t14-/m0/s1. The van der Waals surface area contributed by atoms with Crippen molar-refractivity contribution in [1.29, 1.82) is 0 Å². The van der Waals surface area contributed by atoms with Crippen LogP contribution in [0.25, 0.3) is 0 Å². The fraction of sp³-hybridized carbons (Fsp3) is 0.600. The minimum atomic E-state index is -3.01. The maximum Gasteiger partial charge on any atom is 0.322 e. The fourth-order valence-corrected chi connectivity index (χ4v) is 4.35. The molecule has 0 aliphatic carbocycles. The van der Waals surface area contributed by atoms with Crippen LogP contribution in [0.3, 0.4) is 0 Å². The van der Waals surface area contributed by atoms with Gasteiger partial charge in [-0.05, 0) is 31.9 Å². The molecule has 1 aromatic rings. The number of sulfone groups is 1. The van der Waals surface area contributed by atoms with Crippen LogP contribution in [0, 0.1) is 6.92 Å². The Kier molecular flexibility index (Phi) is 5.39. The Bertz CT molecular complexity index is 631. The molecule has 1 fully saturated rings. The Hall–Kier alpha value is -1.63. The summed E-state index contributed by atoms with van der Waals surface area (Å²) in [5.41, 5.74) is 1.50. The number of carbonyl (C=O) groups is 1. The molecule has 2 amide bonds. The van der Waals surface area contributed by atoms with Gasteiger partial charge < -0.3 is 10.2 Å². The van der Waals surface area contributed by atoms with E-state index in [0.717, 1.165) is 18.5 Å². The number of amides is 2. The SMILES string of the molecule is CCCCN(C(=O)Nc1ccnc(C)c1)[C@H]1CCS(=O)(=O)C1. The average Bonchev–Trinajstić information content (AvgIpc) is 2.79. The molecule has 122 valence electrons. The fourth-order valence-electron chi connectivity index (χ4n) is 2.62. The van der Waals surface area contributed by atoms with Crippen LogP contribution in [0.15, 0.2) is 18.3 Å². The zero-order valence-electron chi connectivity index (χ0n) is 13.1. The van der Waals surface area contributed by atoms with Crippen LogP contribution in [0.4, 0.5) is 10.5 Å². The maximum atomic E-state index is 12.5. The lowest BCUT2D eigenvalue weighted by Gasteiger charge is -2.28. The van der Waals surface area contributed by atoms with Gasteiger partial charge >= 0.3 is 6.03 Å². The highest BCUT2D eigenvalue weighted by Gasteiger charge is 2.34. The van der Waals surface area contributed by atoms with E-state index in [0.29, 0.717) is 18.7 Å². The average molecular weight is 325 g/mol. The lowest BCUT2D eigenvalue weighted by Crippen LogP contribution is -2.44. The van der Waals surface area contributed by atoms with E-state index in [-0.39, 0.29) is 23.6 Å². The monoisotopic (exact) mass is 325 g/mol. The zero-order chi connectivity index (χ0) is 16.2. The van der Waals surface area contributed by atoms with E-state index < -0.39 is 9.84 Å². The smallest absolute Gasteiger partial charge is 0.320 e. The molecule has 1 N–H and O–H groups in total. The molecule has 0 spiro atoms. The Morgan fingerprint density at radius 3 is 2.86 bits per heavy atom. The van der Waals surface area contributed by atoms with E-state index in [2.05, 4.69) is 10.3 Å². The second-order valence-corrected chi connectivity index (χ2v) is 7.95. The van der Waals surface area contributed by atoms with E-state index in [1.165, 1.54) is 0 Å². The molecule has 7 heteroatoms. The molecule has 6 nitrogen and oxygen atoms in total. The van der Waals surface area contributed by atoms with Crippen LogP contribution in [0.2, 0.25) is 0 Å². The molecule has 0 aromatic carbocycles. The molecule has 22 heavy (non-hydrogen) atoms. The first-order valence-electron chi connectivity index (χ1n) is 7.62. The molecule has 1 aliphatic heterocycles. The minimum absolute atomic E-state index is 0.0690. The molecule has 1 aliphatic rings. The number of nitrogens with zero attached hydrogens (tertiary/aromatic N) is 2. The third-order valence-electron chi connectivity index (χ3n) is 3.81. The topological polar surface area (TPSA) is 79.4 Å². The Morgan fingerprint density at radius 2 is 2.27 bits per heavy atom. The van der Waals surface area contributed by atoms with E-state index in [9.17, 15) is 13.2 Å². The molecule has 1 aromatic heterocycles. The van der Waals surface area contributed by atoms with Crippen LogP contribution in [-0.4, -0.2) is 48.4 Å². The van der Waals surface area contributed by atoms with E-state index in [4.69, 9.17) is 0 Å². The van der Waals surface area contributed by atoms with Gasteiger partial charge in [-0.1, -0.05) is 13.3 Å². The lowest BCUT2D eigenvalue weighted by atomic mass is 10.2. The Balaban J connectivity index is 2.09. The summed E-state index contributed by atoms with van der Waals surface area (Å²) in [6.45, 7) is 4.48. The molecular formula is C15H23N3O3S. The first-order chi connectivity index (χ1) is 10.4. The summed E-state index contributed by atoms with van der Waals surface area (Å²) >= 11 is 0. The largest absolute Gasteiger partial charge is 0.322 e. The first kappa shape index (κ1) is 16.7. The third-order valence-corrected chi connectivity index (χ3v) is 5.56. The molecule has 0 saturated carbocycles. The van der Waals surface area contributed by atoms with Gasteiger partial charge in [0.15, 0.2) is 9.84 Å². The van der Waals surface area contributed by atoms with Crippen molar-refractivity contribution >= 4 is 21.6 Å². The normalized spacial score (nSPS) is 19.8. The second-order valence-electron chi connectivity index (χ2n) is 5.72. The quantitative estimate of drug-likeness (QED) is 0.900. The summed E-state index contributed by atoms with van der Waals surface area (Å²) in [6, 6.07) is 3.07. The van der Waals surface area contributed by atoms with Crippen molar-refractivity contribution in [3.63, 3.8) is 0 Å². The van der Waals surface area contributed by atoms with Gasteiger partial charge in [-0.3, -0.25) is 4.98 Å². The second kappa shape index (κ2) is 7.09. The summed E-state index contributed by atoms with van der Waals surface area (Å²) in [5.74, 6) is 0.238. The van der Waals surface area contributed by atoms with Gasteiger partial charge in [0, 0.05) is 30.2 Å². The predicted octanol–water partition coefficient (Wildman–Crippen LogP) is 2.21. The van der Waals surface area contributed by atoms with Gasteiger partial charge in [-0.15, -0.1) is 0 Å². The highest BCUT2D eigenvalue weighted by atomic mass is 32.2. The van der Waals surface area contributed by atoms with Crippen LogP contribution >= 0.6 is 0 Å². The highest BCUT2D eigenvalue weighted by molar-refractivity contribution is 7.91. The first-order valence-corrected chi connectivity index (χ1v) is 9.44. The van der Waals surface area contributed by atoms with Gasteiger partial charge in [0.2, 0.25) is 0 Å². The number of aryl methyl sites for hydroxylation is 1. The molecule has 0 unspecified atom stereocenters. The van der Waals surface area contributed by atoms with Crippen molar-refractivity contribution in [3.8, 4) is 0 Å². The number of hydrogen-bond donors (Lipinski definition) is 1. The Labute approximate surface area is 131 Å². The minimum Gasteiger partial charge on any atom is -0.320 e. The van der Waals surface area contributed by atoms with E-state index in [1.54, 1.807) is 23.2 Å². The molecular weight excluding hydrogens is 302 g/mol. The molecule has 0 radical (unpaired) electrons. The van der Waals surface area contributed by atoms with Crippen LogP contribution in [-0.2, 0) is 9.84 Å². The van der Waals surface area contributed by atoms with Crippen molar-refractivity contribution < 1.29 is 13.2 Å². The van der Waals surface area contributed by atoms with Crippen molar-refractivity contribution in [3.05, 3.63) is 24.0 Å². The van der Waals surface area contributed by atoms with Crippen molar-refractivity contribution in [2.45, 2.75) is 39.2 Å². The number of urea groups is 1. The van der Waals surface area contributed by atoms with Crippen LogP contribution in [0.1, 0.15) is 31.9 Å². The molecule has 2 rings (SSSR count). The van der Waals surface area contributed by atoms with Gasteiger partial charge in [-0.2, -0.15) is 0 Å². The zero-order valence-corrected chi connectivity index (χ0v) is 13.9. The number of hydrogen-bond acceptors (Lipinski definition) is 4. The maximum absolute atomic E-state index is 12.5. The van der Waals surface area contributed by atoms with E-state index in [1.807, 2.05) is 13.8 Å². The van der Waals surface area contributed by atoms with Gasteiger partial charge in [0.05, 0.1) is 11.5 Å². The van der Waals surface area contributed by atoms with Crippen molar-refractivity contribution in [2.24, 2.45) is 0 Å². The predicted molar refractivity (Wildman–Crippen MR) is 86.7 cm³/mol. The molecule has 0 bridgehead atoms. The summed E-state index contributed by atoms with van der Waals surface area (Å²) < 4.78 is 23.4. The van der Waals surface area contributed by atoms with Crippen molar-refractivity contribution in [1.82, 2.24) is 9.88 Å². The number of rotatable bonds is 5. The van der Waals surface area contributed by atoms with Gasteiger partial charge in [-0.25, -0.2) is 13.2 Å². The number of pyridine rings is 1. The Morgan fingerprint density at radius 1 is 1.50 bits per heavy atom. The summed E-state index contributed by atoms with van der Waals surface area (Å²) in [7, 11) is -3.01. The van der Waals surface area contributed by atoms with Crippen molar-refractivity contribution in [2.75, 3.05) is 23.4 Å². The molecule has 2 heterocycles. The van der Waals surface area contributed by atoms with Gasteiger partial charge in [0.25, 0.3) is 0 Å². The number of anilines is 1. The summed E-state index contributed by atoms with van der Waals surface area (Å²) in [4.78, 5) is 18.3. The number of nitrogens with one attached hydrogen (secondary N) is 1. The number of unbranched alkanes of at least 4 members (excludes halogenated alkanes) is 1. The van der Waals surface area contributed by atoms with Crippen LogP contribution < -0.4 is 5.32 Å².